The van der Waals surface area contributed by atoms with Crippen LogP contribution in [0.4, 0.5) is 0 Å². The van der Waals surface area contributed by atoms with Gasteiger partial charge in [0.2, 0.25) is 0 Å². The van der Waals surface area contributed by atoms with Crippen LogP contribution in [0.1, 0.15) is 29.2 Å². The minimum absolute atomic E-state index is 0.220. The molecule has 0 amide bonds. The van der Waals surface area contributed by atoms with E-state index in [9.17, 15) is 20.1 Å². The van der Waals surface area contributed by atoms with E-state index in [1.807, 2.05) is 12.1 Å². The van der Waals surface area contributed by atoms with Crippen LogP contribution in [0.3, 0.4) is 0 Å². The maximum atomic E-state index is 11.9. The van der Waals surface area contributed by atoms with E-state index in [2.05, 4.69) is 0 Å². The van der Waals surface area contributed by atoms with Crippen molar-refractivity contribution < 1.29 is 34.3 Å². The van der Waals surface area contributed by atoms with Gasteiger partial charge in [0.15, 0.2) is 0 Å². The van der Waals surface area contributed by atoms with E-state index in [4.69, 9.17) is 14.2 Å². The van der Waals surface area contributed by atoms with Crippen molar-refractivity contribution in [3.8, 4) is 11.5 Å². The summed E-state index contributed by atoms with van der Waals surface area (Å²) in [5.41, 5.74) is 2.29. The summed E-state index contributed by atoms with van der Waals surface area (Å²) in [5, 5.41) is 32.9. The van der Waals surface area contributed by atoms with Gasteiger partial charge in [0.25, 0.3) is 0 Å². The normalized spacial score (nSPS) is 11.4. The molecule has 0 aromatic heterocycles. The number of esters is 1. The zero-order valence-electron chi connectivity index (χ0n) is 17.8. The van der Waals surface area contributed by atoms with E-state index in [0.717, 1.165) is 16.2 Å². The number of hydrogen-bond acceptors (Lipinski definition) is 7. The molecule has 0 radical (unpaired) electrons. The average molecular weight is 426 g/mol. The second-order valence-electron chi connectivity index (χ2n) is 6.87. The monoisotopic (exact) mass is 426 g/mol. The van der Waals surface area contributed by atoms with Crippen LogP contribution < -0.4 is 9.47 Å². The number of aliphatic hydroxyl groups is 3. The van der Waals surface area contributed by atoms with Crippen molar-refractivity contribution in [1.82, 2.24) is 0 Å². The van der Waals surface area contributed by atoms with Crippen molar-refractivity contribution >= 4 is 33.6 Å². The van der Waals surface area contributed by atoms with Crippen molar-refractivity contribution in [2.45, 2.75) is 26.7 Å². The molecule has 0 aliphatic rings. The highest BCUT2D eigenvalue weighted by atomic mass is 16.5. The van der Waals surface area contributed by atoms with Gasteiger partial charge in [0.05, 0.1) is 40.6 Å². The molecule has 3 rings (SSSR count). The Labute approximate surface area is 180 Å². The van der Waals surface area contributed by atoms with Gasteiger partial charge in [0, 0.05) is 17.2 Å². The second kappa shape index (κ2) is 9.78. The molecule has 0 spiro atoms. The van der Waals surface area contributed by atoms with Gasteiger partial charge < -0.3 is 29.5 Å². The average Bonchev–Trinajstić information content (AvgIpc) is 2.80. The lowest BCUT2D eigenvalue weighted by Crippen LogP contribution is -2.02. The summed E-state index contributed by atoms with van der Waals surface area (Å²) in [6, 6.07) is 7.26. The zero-order chi connectivity index (χ0) is 22.5. The number of ether oxygens (including phenoxy) is 3. The highest BCUT2D eigenvalue weighted by Gasteiger charge is 2.19. The van der Waals surface area contributed by atoms with Crippen molar-refractivity contribution in [1.29, 1.82) is 0 Å². The van der Waals surface area contributed by atoms with Crippen LogP contribution in [0.25, 0.3) is 27.6 Å². The van der Waals surface area contributed by atoms with Gasteiger partial charge in [-0.1, -0.05) is 0 Å². The third-order valence-electron chi connectivity index (χ3n) is 5.24. The van der Waals surface area contributed by atoms with Crippen molar-refractivity contribution in [3.05, 3.63) is 52.6 Å². The van der Waals surface area contributed by atoms with Gasteiger partial charge in [-0.05, 0) is 69.9 Å². The number of aliphatic hydroxyl groups excluding tert-OH is 3. The van der Waals surface area contributed by atoms with E-state index in [-0.39, 0.29) is 26.4 Å². The third kappa shape index (κ3) is 4.20. The molecule has 164 valence electrons. The van der Waals surface area contributed by atoms with Gasteiger partial charge in [0.1, 0.15) is 11.5 Å². The van der Waals surface area contributed by atoms with E-state index >= 15 is 0 Å². The molecule has 0 saturated carbocycles. The summed E-state index contributed by atoms with van der Waals surface area (Å²) >= 11 is 0. The van der Waals surface area contributed by atoms with Gasteiger partial charge in [-0.3, -0.25) is 0 Å². The van der Waals surface area contributed by atoms with Crippen molar-refractivity contribution in [3.63, 3.8) is 0 Å². The Morgan fingerprint density at radius 2 is 1.61 bits per heavy atom. The van der Waals surface area contributed by atoms with Crippen LogP contribution in [-0.2, 0) is 29.4 Å². The second-order valence-corrected chi connectivity index (χ2v) is 6.87. The molecule has 0 fully saturated rings. The van der Waals surface area contributed by atoms with Gasteiger partial charge in [-0.2, -0.15) is 0 Å². The van der Waals surface area contributed by atoms with Crippen LogP contribution in [0.2, 0.25) is 0 Å². The molecule has 0 aliphatic heterocycles. The molecule has 3 aromatic rings. The molecule has 0 aliphatic carbocycles. The fourth-order valence-corrected chi connectivity index (χ4v) is 3.84. The maximum absolute atomic E-state index is 11.9. The molecular formula is C24H26O7. The Kier molecular flexibility index (Phi) is 7.12. The quantitative estimate of drug-likeness (QED) is 0.289. The Morgan fingerprint density at radius 1 is 0.903 bits per heavy atom. The number of methoxy groups -OCH3 is 2. The Hall–Kier alpha value is -3.13. The summed E-state index contributed by atoms with van der Waals surface area (Å²) in [5.74, 6) is 0.487. The first kappa shape index (κ1) is 22.6. The lowest BCUT2D eigenvalue weighted by Gasteiger charge is -2.19. The molecular weight excluding hydrogens is 400 g/mol. The molecule has 7 heteroatoms. The first-order valence-electron chi connectivity index (χ1n) is 9.86. The maximum Gasteiger partial charge on any atom is 0.330 e. The Morgan fingerprint density at radius 3 is 2.19 bits per heavy atom. The van der Waals surface area contributed by atoms with Gasteiger partial charge in [-0.25, -0.2) is 4.79 Å². The predicted octanol–water partition coefficient (Wildman–Crippen LogP) is 3.06. The lowest BCUT2D eigenvalue weighted by atomic mass is 9.89. The number of hydrogen-bond donors (Lipinski definition) is 3. The summed E-state index contributed by atoms with van der Waals surface area (Å²) in [7, 11) is 3.02. The highest BCUT2D eigenvalue weighted by Crippen LogP contribution is 2.40. The van der Waals surface area contributed by atoms with E-state index in [1.54, 1.807) is 25.1 Å². The fraction of sp³-hybridized carbons (Fsp3) is 0.292. The summed E-state index contributed by atoms with van der Waals surface area (Å²) in [6.45, 7) is 1.14. The van der Waals surface area contributed by atoms with Crippen LogP contribution in [0.5, 0.6) is 11.5 Å². The van der Waals surface area contributed by atoms with Gasteiger partial charge >= 0.3 is 5.97 Å². The fourth-order valence-electron chi connectivity index (χ4n) is 3.84. The third-order valence-corrected chi connectivity index (χ3v) is 5.24. The number of carbonyl (C=O) groups is 1. The topological polar surface area (TPSA) is 105 Å². The predicted molar refractivity (Wildman–Crippen MR) is 118 cm³/mol. The minimum atomic E-state index is -0.467. The first-order chi connectivity index (χ1) is 15.0. The molecule has 0 unspecified atom stereocenters. The van der Waals surface area contributed by atoms with E-state index in [1.165, 1.54) is 20.3 Å². The number of rotatable bonds is 8. The molecule has 0 heterocycles. The summed E-state index contributed by atoms with van der Waals surface area (Å²) in [6.07, 6.45) is 2.99. The number of benzene rings is 3. The molecule has 0 atom stereocenters. The molecule has 31 heavy (non-hydrogen) atoms. The standard InChI is InChI=1S/C24H26O7/c1-4-31-23(28)6-5-14-7-15-9-21(29-2)16(11-25)8-17(15)24-18(14)10-22(30-3)19(12-26)20(24)13-27/h5-10,25-27H,4,11-13H2,1-3H3/b6-5+. The lowest BCUT2D eigenvalue weighted by molar-refractivity contribution is -0.137. The van der Waals surface area contributed by atoms with Crippen LogP contribution >= 0.6 is 0 Å². The minimum Gasteiger partial charge on any atom is -0.496 e. The number of carbonyl (C=O) groups excluding carboxylic acids is 1. The molecule has 7 nitrogen and oxygen atoms in total. The van der Waals surface area contributed by atoms with Crippen molar-refractivity contribution in [2.75, 3.05) is 20.8 Å². The van der Waals surface area contributed by atoms with Crippen molar-refractivity contribution in [2.24, 2.45) is 0 Å². The van der Waals surface area contributed by atoms with Crippen LogP contribution in [0.15, 0.2) is 30.3 Å². The highest BCUT2D eigenvalue weighted by molar-refractivity contribution is 6.14. The summed E-state index contributed by atoms with van der Waals surface area (Å²) in [4.78, 5) is 11.9. The van der Waals surface area contributed by atoms with E-state index < -0.39 is 5.97 Å². The van der Waals surface area contributed by atoms with Crippen LogP contribution in [0, 0.1) is 0 Å². The smallest absolute Gasteiger partial charge is 0.330 e. The molecule has 0 bridgehead atoms. The zero-order valence-corrected chi connectivity index (χ0v) is 17.8. The summed E-state index contributed by atoms with van der Waals surface area (Å²) < 4.78 is 15.8. The van der Waals surface area contributed by atoms with Gasteiger partial charge in [-0.15, -0.1) is 0 Å². The largest absolute Gasteiger partial charge is 0.496 e. The van der Waals surface area contributed by atoms with Crippen LogP contribution in [-0.4, -0.2) is 42.1 Å². The number of fused-ring (bicyclic) bond motifs is 3. The Balaban J connectivity index is 2.48. The SMILES string of the molecule is CCOC(=O)/C=C/c1cc2cc(OC)c(CO)cc2c2c(CO)c(CO)c(OC)cc12. The molecule has 0 saturated heterocycles. The van der Waals surface area contributed by atoms with E-state index in [0.29, 0.717) is 39.1 Å². The Bertz CT molecular complexity index is 1150. The molecule has 3 N–H and O–H groups in total. The first-order valence-corrected chi connectivity index (χ1v) is 9.86. The molecule has 3 aromatic carbocycles.